The van der Waals surface area contributed by atoms with E-state index in [9.17, 15) is 20.1 Å². The van der Waals surface area contributed by atoms with Crippen molar-refractivity contribution in [3.8, 4) is 0 Å². The molecule has 0 saturated carbocycles. The molecule has 1 fully saturated rings. The molecule has 3 rings (SSSR count). The number of anilines is 1. The number of nitrogens with zero attached hydrogens (tertiary/aromatic N) is 3. The molecular weight excluding hydrogens is 328 g/mol. The lowest BCUT2D eigenvalue weighted by Gasteiger charge is -2.27. The molecule has 9 nitrogen and oxygen atoms in total. The van der Waals surface area contributed by atoms with Crippen molar-refractivity contribution in [2.75, 3.05) is 12.3 Å². The molecule has 2 aromatic heterocycles. The standard InChI is InChI=1S/C16H20N4O5/c1-8(3-4-21)9-5-20(14-11(9)13(17)18-7-19-14)15-16(2,24)12(23)10(6-22)25-15/h3-5,7,10,12,15,22-24H,6H2,1-2H3,(H2,17,18,19)/b8-3-/t10-,12-,15?,16-/m1/s1. The molecule has 5 N–H and O–H groups in total. The zero-order valence-corrected chi connectivity index (χ0v) is 13.8. The fourth-order valence-electron chi connectivity index (χ4n) is 3.17. The average molecular weight is 348 g/mol. The molecule has 1 saturated heterocycles. The van der Waals surface area contributed by atoms with Gasteiger partial charge in [-0.05, 0) is 25.5 Å². The van der Waals surface area contributed by atoms with Crippen LogP contribution in [0.2, 0.25) is 0 Å². The van der Waals surface area contributed by atoms with Gasteiger partial charge in [-0.2, -0.15) is 0 Å². The van der Waals surface area contributed by atoms with Gasteiger partial charge in [0.15, 0.2) is 6.23 Å². The Bertz CT molecular complexity index is 844. The molecule has 1 aliphatic heterocycles. The third-order valence-corrected chi connectivity index (χ3v) is 4.57. The summed E-state index contributed by atoms with van der Waals surface area (Å²) in [5.74, 6) is 0.217. The normalized spacial score (nSPS) is 30.1. The number of nitrogen functional groups attached to an aromatic ring is 1. The van der Waals surface area contributed by atoms with E-state index in [4.69, 9.17) is 10.5 Å². The van der Waals surface area contributed by atoms with E-state index in [-0.39, 0.29) is 5.82 Å². The SMILES string of the molecule is C/C(=C/C=O)c1cn(C2O[C@H](CO)[C@@H](O)[C@@]2(C)O)c2ncnc(N)c12. The van der Waals surface area contributed by atoms with Gasteiger partial charge in [0.05, 0.1) is 12.0 Å². The Labute approximate surface area is 143 Å². The number of rotatable bonds is 4. The number of ether oxygens (including phenoxy) is 1. The van der Waals surface area contributed by atoms with Crippen molar-refractivity contribution >= 4 is 28.7 Å². The summed E-state index contributed by atoms with van der Waals surface area (Å²) in [5.41, 5.74) is 5.95. The Morgan fingerprint density at radius 3 is 2.84 bits per heavy atom. The van der Waals surface area contributed by atoms with Crippen LogP contribution in [0, 0.1) is 0 Å². The number of hydrogen-bond donors (Lipinski definition) is 4. The summed E-state index contributed by atoms with van der Waals surface area (Å²) in [6.07, 6.45) is 1.73. The highest BCUT2D eigenvalue weighted by molar-refractivity contribution is 5.99. The maximum Gasteiger partial charge on any atom is 0.167 e. The Morgan fingerprint density at radius 1 is 1.52 bits per heavy atom. The van der Waals surface area contributed by atoms with Crippen molar-refractivity contribution in [3.63, 3.8) is 0 Å². The molecule has 9 heteroatoms. The summed E-state index contributed by atoms with van der Waals surface area (Å²) in [6.45, 7) is 2.71. The number of carbonyl (C=O) groups excluding carboxylic acids is 1. The van der Waals surface area contributed by atoms with Gasteiger partial charge in [-0.15, -0.1) is 0 Å². The van der Waals surface area contributed by atoms with Gasteiger partial charge < -0.3 is 30.4 Å². The largest absolute Gasteiger partial charge is 0.394 e. The quantitative estimate of drug-likeness (QED) is 0.432. The average Bonchev–Trinajstić information content (AvgIpc) is 3.05. The van der Waals surface area contributed by atoms with Crippen LogP contribution in [0.5, 0.6) is 0 Å². The van der Waals surface area contributed by atoms with Crippen LogP contribution in [0.25, 0.3) is 16.6 Å². The highest BCUT2D eigenvalue weighted by Gasteiger charge is 2.53. The van der Waals surface area contributed by atoms with Gasteiger partial charge in [0.2, 0.25) is 0 Å². The number of hydrogen-bond acceptors (Lipinski definition) is 8. The Hall–Kier alpha value is -2.33. The first-order valence-corrected chi connectivity index (χ1v) is 7.73. The topological polar surface area (TPSA) is 144 Å². The van der Waals surface area contributed by atoms with Crippen LogP contribution in [-0.2, 0) is 9.53 Å². The number of allylic oxidation sites excluding steroid dienone is 2. The predicted octanol–water partition coefficient (Wildman–Crippen LogP) is -0.383. The number of aliphatic hydroxyl groups excluding tert-OH is 2. The Morgan fingerprint density at radius 2 is 2.24 bits per heavy atom. The summed E-state index contributed by atoms with van der Waals surface area (Å²) < 4.78 is 7.18. The summed E-state index contributed by atoms with van der Waals surface area (Å²) in [7, 11) is 0. The zero-order chi connectivity index (χ0) is 18.4. The van der Waals surface area contributed by atoms with E-state index in [1.54, 1.807) is 13.1 Å². The first kappa shape index (κ1) is 17.5. The fourth-order valence-corrected chi connectivity index (χ4v) is 3.17. The molecule has 1 aliphatic rings. The van der Waals surface area contributed by atoms with Gasteiger partial charge >= 0.3 is 0 Å². The van der Waals surface area contributed by atoms with E-state index in [1.807, 2.05) is 0 Å². The molecule has 0 aromatic carbocycles. The lowest BCUT2D eigenvalue weighted by molar-refractivity contribution is -0.104. The molecule has 0 spiro atoms. The molecule has 0 amide bonds. The fraction of sp³-hybridized carbons (Fsp3) is 0.438. The third-order valence-electron chi connectivity index (χ3n) is 4.57. The molecule has 134 valence electrons. The number of aldehydes is 1. The third kappa shape index (κ3) is 2.61. The van der Waals surface area contributed by atoms with Gasteiger partial charge in [-0.25, -0.2) is 9.97 Å². The molecule has 2 aromatic rings. The molecule has 4 atom stereocenters. The number of nitrogens with two attached hydrogens (primary N) is 1. The van der Waals surface area contributed by atoms with Gasteiger partial charge in [0, 0.05) is 11.8 Å². The number of aromatic nitrogens is 3. The van der Waals surface area contributed by atoms with Crippen molar-refractivity contribution in [2.45, 2.75) is 37.9 Å². The van der Waals surface area contributed by atoms with E-state index >= 15 is 0 Å². The van der Waals surface area contributed by atoms with Crippen LogP contribution in [0.15, 0.2) is 18.6 Å². The summed E-state index contributed by atoms with van der Waals surface area (Å²) >= 11 is 0. The maximum atomic E-state index is 10.8. The first-order valence-electron chi connectivity index (χ1n) is 7.73. The number of fused-ring (bicyclic) bond motifs is 1. The Kier molecular flexibility index (Phi) is 4.33. The van der Waals surface area contributed by atoms with E-state index in [1.165, 1.54) is 23.9 Å². The second kappa shape index (κ2) is 6.19. The van der Waals surface area contributed by atoms with Gasteiger partial charge in [-0.3, -0.25) is 4.79 Å². The van der Waals surface area contributed by atoms with E-state index in [2.05, 4.69) is 9.97 Å². The minimum atomic E-state index is -1.67. The summed E-state index contributed by atoms with van der Waals surface area (Å²) in [6, 6.07) is 0. The smallest absolute Gasteiger partial charge is 0.167 e. The molecule has 0 radical (unpaired) electrons. The monoisotopic (exact) mass is 348 g/mol. The lowest BCUT2D eigenvalue weighted by Crippen LogP contribution is -2.44. The van der Waals surface area contributed by atoms with Crippen molar-refractivity contribution in [1.82, 2.24) is 14.5 Å². The van der Waals surface area contributed by atoms with Crippen molar-refractivity contribution in [1.29, 1.82) is 0 Å². The van der Waals surface area contributed by atoms with Crippen molar-refractivity contribution < 1.29 is 24.9 Å². The highest BCUT2D eigenvalue weighted by Crippen LogP contribution is 2.41. The van der Waals surface area contributed by atoms with Gasteiger partial charge in [0.25, 0.3) is 0 Å². The van der Waals surface area contributed by atoms with E-state index in [0.717, 1.165) is 0 Å². The Balaban J connectivity index is 2.23. The first-order chi connectivity index (χ1) is 11.8. The van der Waals surface area contributed by atoms with Crippen LogP contribution in [0.1, 0.15) is 25.6 Å². The lowest BCUT2D eigenvalue weighted by atomic mass is 9.96. The molecule has 3 heterocycles. The van der Waals surface area contributed by atoms with Crippen molar-refractivity contribution in [3.05, 3.63) is 24.2 Å². The van der Waals surface area contributed by atoms with E-state index in [0.29, 0.717) is 28.5 Å². The molecular formula is C16H20N4O5. The van der Waals surface area contributed by atoms with E-state index < -0.39 is 30.6 Å². The van der Waals surface area contributed by atoms with Gasteiger partial charge in [-0.1, -0.05) is 0 Å². The minimum Gasteiger partial charge on any atom is -0.394 e. The molecule has 0 aliphatic carbocycles. The highest BCUT2D eigenvalue weighted by atomic mass is 16.6. The van der Waals surface area contributed by atoms with Crippen LogP contribution in [-0.4, -0.2) is 60.6 Å². The summed E-state index contributed by atoms with van der Waals surface area (Å²) in [5, 5.41) is 30.8. The zero-order valence-electron chi connectivity index (χ0n) is 13.8. The molecule has 1 unspecified atom stereocenters. The summed E-state index contributed by atoms with van der Waals surface area (Å²) in [4.78, 5) is 19.0. The second-order valence-electron chi connectivity index (χ2n) is 6.27. The van der Waals surface area contributed by atoms with Crippen LogP contribution < -0.4 is 5.73 Å². The molecule has 0 bridgehead atoms. The molecule has 25 heavy (non-hydrogen) atoms. The number of carbonyl (C=O) groups is 1. The second-order valence-corrected chi connectivity index (χ2v) is 6.27. The van der Waals surface area contributed by atoms with Gasteiger partial charge in [0.1, 0.15) is 41.9 Å². The minimum absolute atomic E-state index is 0.217. The van der Waals surface area contributed by atoms with Crippen LogP contribution in [0.4, 0.5) is 5.82 Å². The van der Waals surface area contributed by atoms with Crippen LogP contribution in [0.3, 0.4) is 0 Å². The number of aliphatic hydroxyl groups is 3. The van der Waals surface area contributed by atoms with Crippen molar-refractivity contribution in [2.24, 2.45) is 0 Å². The maximum absolute atomic E-state index is 10.8. The predicted molar refractivity (Wildman–Crippen MR) is 89.3 cm³/mol. The van der Waals surface area contributed by atoms with Crippen LogP contribution >= 0.6 is 0 Å².